The van der Waals surface area contributed by atoms with Crippen molar-refractivity contribution in [2.24, 2.45) is 18.2 Å². The van der Waals surface area contributed by atoms with Gasteiger partial charge in [-0.05, 0) is 37.8 Å². The molecule has 6 rings (SSSR count). The molecule has 1 aliphatic heterocycles. The summed E-state index contributed by atoms with van der Waals surface area (Å²) in [5, 5.41) is 0. The first-order valence-corrected chi connectivity index (χ1v) is 10.4. The molecule has 2 aromatic heterocycles. The van der Waals surface area contributed by atoms with E-state index in [0.29, 0.717) is 44.0 Å². The van der Waals surface area contributed by atoms with Gasteiger partial charge >= 0.3 is 0 Å². The van der Waals surface area contributed by atoms with Crippen LogP contribution in [0.5, 0.6) is 0 Å². The average Bonchev–Trinajstić information content (AvgIpc) is 2.64. The third-order valence-electron chi connectivity index (χ3n) is 7.04. The van der Waals surface area contributed by atoms with Crippen LogP contribution >= 0.6 is 0 Å². The molecular weight excluding hydrogens is 398 g/mol. The van der Waals surface area contributed by atoms with Crippen molar-refractivity contribution in [1.29, 1.82) is 0 Å². The molecule has 4 fully saturated rings. The molecule has 2 bridgehead atoms. The molecule has 3 heterocycles. The SMILES string of the molecule is C[C@@H]1CN(c2nc(N)c(N)c(C34CC(C(N)=O)(C3)C4)n2)C[C@H](c2ccc(=O)n(C)c2)O1. The summed E-state index contributed by atoms with van der Waals surface area (Å²) in [6.07, 6.45) is 3.46. The lowest BCUT2D eigenvalue weighted by atomic mass is 9.34. The smallest absolute Gasteiger partial charge is 0.250 e. The quantitative estimate of drug-likeness (QED) is 0.628. The standard InChI is InChI=1S/C21H27N7O3/c1-11-5-28(7-13(31-11)12-3-4-14(29)27(2)6-12)19-25-16(15(22)17(23)26-19)20-8-21(9-20,10-20)18(24)30/h3-4,6,11,13H,5,7-10,22H2,1-2H3,(H2,24,30)(H2,23,25,26)/t11-,13-,20?,21?/m1/s1. The number of morpholine rings is 1. The first-order chi connectivity index (χ1) is 14.6. The summed E-state index contributed by atoms with van der Waals surface area (Å²) in [6.45, 7) is 3.10. The van der Waals surface area contributed by atoms with Crippen molar-refractivity contribution in [2.45, 2.75) is 43.8 Å². The molecule has 4 aliphatic rings. The van der Waals surface area contributed by atoms with Gasteiger partial charge in [0.05, 0.1) is 29.4 Å². The fourth-order valence-corrected chi connectivity index (χ4v) is 5.43. The zero-order chi connectivity index (χ0) is 22.1. The lowest BCUT2D eigenvalue weighted by Crippen LogP contribution is -2.69. The van der Waals surface area contributed by atoms with Crippen molar-refractivity contribution in [3.63, 3.8) is 0 Å². The van der Waals surface area contributed by atoms with Crippen molar-refractivity contribution in [3.8, 4) is 0 Å². The number of anilines is 3. The second-order valence-corrected chi connectivity index (χ2v) is 9.38. The number of carbonyl (C=O) groups is 1. The summed E-state index contributed by atoms with van der Waals surface area (Å²) >= 11 is 0. The van der Waals surface area contributed by atoms with Gasteiger partial charge in [0.15, 0.2) is 5.82 Å². The molecule has 6 N–H and O–H groups in total. The van der Waals surface area contributed by atoms with Crippen molar-refractivity contribution >= 4 is 23.4 Å². The number of carbonyl (C=O) groups excluding carboxylic acids is 1. The Hall–Kier alpha value is -3.14. The van der Waals surface area contributed by atoms with E-state index in [9.17, 15) is 9.59 Å². The monoisotopic (exact) mass is 425 g/mol. The average molecular weight is 425 g/mol. The van der Waals surface area contributed by atoms with Crippen molar-refractivity contribution in [3.05, 3.63) is 39.9 Å². The molecule has 10 heteroatoms. The molecule has 0 radical (unpaired) electrons. The molecule has 1 saturated heterocycles. The van der Waals surface area contributed by atoms with Crippen LogP contribution in [0.3, 0.4) is 0 Å². The first-order valence-electron chi connectivity index (χ1n) is 10.4. The number of amides is 1. The third kappa shape index (κ3) is 2.88. The highest BCUT2D eigenvalue weighted by molar-refractivity contribution is 5.86. The summed E-state index contributed by atoms with van der Waals surface area (Å²) in [5.41, 5.74) is 19.3. The summed E-state index contributed by atoms with van der Waals surface area (Å²) in [4.78, 5) is 34.8. The van der Waals surface area contributed by atoms with Gasteiger partial charge in [-0.1, -0.05) is 0 Å². The van der Waals surface area contributed by atoms with Crippen LogP contribution in [0.15, 0.2) is 23.1 Å². The van der Waals surface area contributed by atoms with Gasteiger partial charge in [0.1, 0.15) is 6.10 Å². The topological polar surface area (TPSA) is 155 Å². The minimum atomic E-state index is -0.409. The van der Waals surface area contributed by atoms with Crippen molar-refractivity contribution in [2.75, 3.05) is 29.5 Å². The van der Waals surface area contributed by atoms with Crippen LogP contribution in [-0.2, 0) is 22.0 Å². The highest BCUT2D eigenvalue weighted by atomic mass is 16.5. The molecule has 2 atom stereocenters. The summed E-state index contributed by atoms with van der Waals surface area (Å²) in [5.74, 6) is 0.498. The fourth-order valence-electron chi connectivity index (χ4n) is 5.43. The van der Waals surface area contributed by atoms with E-state index in [2.05, 4.69) is 4.98 Å². The number of hydrogen-bond acceptors (Lipinski definition) is 8. The second-order valence-electron chi connectivity index (χ2n) is 9.38. The van der Waals surface area contributed by atoms with E-state index >= 15 is 0 Å². The third-order valence-corrected chi connectivity index (χ3v) is 7.04. The van der Waals surface area contributed by atoms with Gasteiger partial charge in [-0.2, -0.15) is 4.98 Å². The number of nitrogens with two attached hydrogens (primary N) is 3. The van der Waals surface area contributed by atoms with Crippen LogP contribution in [0.25, 0.3) is 0 Å². The Morgan fingerprint density at radius 2 is 1.90 bits per heavy atom. The molecule has 0 aromatic carbocycles. The Kier molecular flexibility index (Phi) is 4.11. The number of rotatable bonds is 4. The molecule has 3 aliphatic carbocycles. The fraction of sp³-hybridized carbons (Fsp3) is 0.524. The summed E-state index contributed by atoms with van der Waals surface area (Å²) < 4.78 is 7.67. The van der Waals surface area contributed by atoms with Crippen LogP contribution in [0.1, 0.15) is 43.5 Å². The number of nitrogens with zero attached hydrogens (tertiary/aromatic N) is 4. The summed E-state index contributed by atoms with van der Waals surface area (Å²) in [7, 11) is 1.72. The van der Waals surface area contributed by atoms with Gasteiger partial charge < -0.3 is 31.4 Å². The minimum absolute atomic E-state index is 0.0731. The molecule has 2 aromatic rings. The predicted molar refractivity (Wildman–Crippen MR) is 115 cm³/mol. The first kappa shape index (κ1) is 19.8. The lowest BCUT2D eigenvalue weighted by Gasteiger charge is -2.68. The highest BCUT2D eigenvalue weighted by Gasteiger charge is 2.72. The number of ether oxygens (including phenoxy) is 1. The maximum absolute atomic E-state index is 11.7. The maximum atomic E-state index is 11.7. The number of nitrogen functional groups attached to an aromatic ring is 2. The van der Waals surface area contributed by atoms with E-state index in [1.807, 2.05) is 11.8 Å². The molecule has 3 saturated carbocycles. The molecular formula is C21H27N7O3. The molecule has 10 nitrogen and oxygen atoms in total. The number of primary amides is 1. The second kappa shape index (κ2) is 6.43. The molecule has 0 spiro atoms. The van der Waals surface area contributed by atoms with Crippen LogP contribution in [0.4, 0.5) is 17.5 Å². The van der Waals surface area contributed by atoms with Crippen LogP contribution in [0.2, 0.25) is 0 Å². The highest BCUT2D eigenvalue weighted by Crippen LogP contribution is 2.74. The number of aromatic nitrogens is 3. The lowest BCUT2D eigenvalue weighted by molar-refractivity contribution is -0.173. The van der Waals surface area contributed by atoms with E-state index in [-0.39, 0.29) is 34.9 Å². The maximum Gasteiger partial charge on any atom is 0.250 e. The Balaban J connectivity index is 1.44. The van der Waals surface area contributed by atoms with Gasteiger partial charge in [-0.3, -0.25) is 9.59 Å². The van der Waals surface area contributed by atoms with Crippen molar-refractivity contribution in [1.82, 2.24) is 14.5 Å². The minimum Gasteiger partial charge on any atom is -0.394 e. The van der Waals surface area contributed by atoms with E-state index in [0.717, 1.165) is 11.3 Å². The molecule has 164 valence electrons. The molecule has 0 unspecified atom stereocenters. The normalized spacial score (nSPS) is 31.6. The Morgan fingerprint density at radius 1 is 1.19 bits per heavy atom. The largest absolute Gasteiger partial charge is 0.394 e. The zero-order valence-corrected chi connectivity index (χ0v) is 17.7. The van der Waals surface area contributed by atoms with Crippen LogP contribution < -0.4 is 27.7 Å². The van der Waals surface area contributed by atoms with Gasteiger partial charge in [-0.15, -0.1) is 0 Å². The van der Waals surface area contributed by atoms with E-state index in [1.165, 1.54) is 10.6 Å². The summed E-state index contributed by atoms with van der Waals surface area (Å²) in [6, 6.07) is 3.33. The zero-order valence-electron chi connectivity index (χ0n) is 17.7. The van der Waals surface area contributed by atoms with Gasteiger partial charge in [0, 0.05) is 31.3 Å². The van der Waals surface area contributed by atoms with Crippen molar-refractivity contribution < 1.29 is 9.53 Å². The number of aryl methyl sites for hydroxylation is 1. The molecule has 31 heavy (non-hydrogen) atoms. The molecule has 1 amide bonds. The van der Waals surface area contributed by atoms with Gasteiger partial charge in [-0.25, -0.2) is 4.98 Å². The number of pyridine rings is 1. The Labute approximate surface area is 179 Å². The van der Waals surface area contributed by atoms with E-state index in [4.69, 9.17) is 26.9 Å². The number of hydrogen-bond donors (Lipinski definition) is 3. The van der Waals surface area contributed by atoms with E-state index < -0.39 is 5.41 Å². The van der Waals surface area contributed by atoms with Gasteiger partial charge in [0.2, 0.25) is 17.4 Å². The Bertz CT molecular complexity index is 1120. The van der Waals surface area contributed by atoms with E-state index in [1.54, 1.807) is 19.3 Å². The van der Waals surface area contributed by atoms with Crippen LogP contribution in [0, 0.1) is 5.41 Å². The Morgan fingerprint density at radius 3 is 2.55 bits per heavy atom. The van der Waals surface area contributed by atoms with Gasteiger partial charge in [0.25, 0.3) is 0 Å². The van der Waals surface area contributed by atoms with Crippen LogP contribution in [-0.4, -0.2) is 39.6 Å². The predicted octanol–water partition coefficient (Wildman–Crippen LogP) is 0.213.